The molecular weight excluding hydrogens is 460 g/mol. The summed E-state index contributed by atoms with van der Waals surface area (Å²) < 4.78 is 52.5. The van der Waals surface area contributed by atoms with Crippen molar-refractivity contribution >= 4 is 11.4 Å². The third-order valence-corrected chi connectivity index (χ3v) is 6.14. The quantitative estimate of drug-likeness (QED) is 0.313. The first kappa shape index (κ1) is 26.5. The van der Waals surface area contributed by atoms with Gasteiger partial charge in [0.15, 0.2) is 0 Å². The van der Waals surface area contributed by atoms with Gasteiger partial charge >= 0.3 is 6.18 Å². The van der Waals surface area contributed by atoms with E-state index in [0.29, 0.717) is 49.7 Å². The summed E-state index contributed by atoms with van der Waals surface area (Å²) in [5, 5.41) is 11.7. The van der Waals surface area contributed by atoms with Gasteiger partial charge in [0.25, 0.3) is 0 Å². The number of halogens is 4. The van der Waals surface area contributed by atoms with Gasteiger partial charge in [-0.05, 0) is 49.5 Å². The fourth-order valence-electron chi connectivity index (χ4n) is 4.25. The SMILES string of the molecule is CN/C(N)=C(\C(=N)N1CCN(C(CN(C)C)c2ccc(C(F)(F)F)cc2)CC1)c1ccc(F)cc1. The van der Waals surface area contributed by atoms with Gasteiger partial charge in [-0.3, -0.25) is 10.3 Å². The standard InChI is InChI=1S/C25H32F4N6/c1-32-23(30)22(18-6-10-20(26)11-7-18)24(31)35-14-12-34(13-15-35)21(16-33(2)3)17-4-8-19(9-5-17)25(27,28)29/h4-11,21,31-32H,12-16,30H2,1-3H3/b23-22-,31-24?. The van der Waals surface area contributed by atoms with E-state index >= 15 is 0 Å². The minimum Gasteiger partial charge on any atom is -0.385 e. The molecule has 10 heteroatoms. The zero-order chi connectivity index (χ0) is 25.8. The van der Waals surface area contributed by atoms with Crippen LogP contribution in [0.2, 0.25) is 0 Å². The predicted molar refractivity (Wildman–Crippen MR) is 130 cm³/mol. The van der Waals surface area contributed by atoms with Crippen molar-refractivity contribution in [3.63, 3.8) is 0 Å². The number of alkyl halides is 3. The number of nitrogens with one attached hydrogen (secondary N) is 2. The Morgan fingerprint density at radius 3 is 2.09 bits per heavy atom. The van der Waals surface area contributed by atoms with Gasteiger partial charge in [-0.2, -0.15) is 13.2 Å². The van der Waals surface area contributed by atoms with Crippen LogP contribution >= 0.6 is 0 Å². The summed E-state index contributed by atoms with van der Waals surface area (Å²) in [6, 6.07) is 11.1. The van der Waals surface area contributed by atoms with Crippen LogP contribution in [0, 0.1) is 11.2 Å². The molecule has 1 saturated heterocycles. The van der Waals surface area contributed by atoms with E-state index in [2.05, 4.69) is 10.2 Å². The van der Waals surface area contributed by atoms with Crippen LogP contribution in [-0.4, -0.2) is 74.4 Å². The van der Waals surface area contributed by atoms with E-state index in [1.807, 2.05) is 23.9 Å². The summed E-state index contributed by atoms with van der Waals surface area (Å²) in [6.07, 6.45) is -4.37. The zero-order valence-electron chi connectivity index (χ0n) is 20.2. The number of amidine groups is 1. The molecule has 0 aliphatic carbocycles. The maximum atomic E-state index is 13.4. The highest BCUT2D eigenvalue weighted by Gasteiger charge is 2.32. The lowest BCUT2D eigenvalue weighted by molar-refractivity contribution is -0.137. The van der Waals surface area contributed by atoms with Crippen LogP contribution in [0.15, 0.2) is 54.4 Å². The van der Waals surface area contributed by atoms with Crippen molar-refractivity contribution in [1.29, 1.82) is 5.41 Å². The van der Waals surface area contributed by atoms with E-state index in [-0.39, 0.29) is 17.7 Å². The van der Waals surface area contributed by atoms with Gasteiger partial charge in [0, 0.05) is 45.8 Å². The Kier molecular flexibility index (Phi) is 8.39. The number of rotatable bonds is 7. The molecule has 0 saturated carbocycles. The largest absolute Gasteiger partial charge is 0.416 e. The minimum atomic E-state index is -4.37. The first-order valence-electron chi connectivity index (χ1n) is 11.3. The molecule has 0 radical (unpaired) electrons. The lowest BCUT2D eigenvalue weighted by Crippen LogP contribution is -2.51. The lowest BCUT2D eigenvalue weighted by Gasteiger charge is -2.41. The molecule has 4 N–H and O–H groups in total. The van der Waals surface area contributed by atoms with Gasteiger partial charge in [0.05, 0.1) is 11.1 Å². The van der Waals surface area contributed by atoms with Crippen molar-refractivity contribution in [2.75, 3.05) is 53.9 Å². The normalized spacial score (nSPS) is 16.7. The Hall–Kier alpha value is -3.11. The summed E-state index contributed by atoms with van der Waals surface area (Å²) in [5.41, 5.74) is 7.45. The summed E-state index contributed by atoms with van der Waals surface area (Å²) >= 11 is 0. The van der Waals surface area contributed by atoms with Crippen LogP contribution in [0.5, 0.6) is 0 Å². The molecule has 0 amide bonds. The van der Waals surface area contributed by atoms with E-state index in [0.717, 1.165) is 17.7 Å². The highest BCUT2D eigenvalue weighted by molar-refractivity contribution is 6.21. The molecule has 1 aliphatic rings. The number of piperazine rings is 1. The van der Waals surface area contributed by atoms with Gasteiger partial charge in [-0.1, -0.05) is 24.3 Å². The maximum absolute atomic E-state index is 13.4. The molecular formula is C25H32F4N6. The Morgan fingerprint density at radius 1 is 1.03 bits per heavy atom. The Balaban J connectivity index is 1.76. The number of benzene rings is 2. The van der Waals surface area contributed by atoms with Gasteiger partial charge in [0.1, 0.15) is 17.5 Å². The molecule has 6 nitrogen and oxygen atoms in total. The third kappa shape index (κ3) is 6.52. The van der Waals surface area contributed by atoms with Crippen molar-refractivity contribution in [3.05, 3.63) is 76.9 Å². The van der Waals surface area contributed by atoms with Crippen molar-refractivity contribution in [1.82, 2.24) is 20.0 Å². The van der Waals surface area contributed by atoms with Crippen LogP contribution in [-0.2, 0) is 6.18 Å². The van der Waals surface area contributed by atoms with E-state index in [9.17, 15) is 17.6 Å². The van der Waals surface area contributed by atoms with Crippen LogP contribution < -0.4 is 11.1 Å². The van der Waals surface area contributed by atoms with Gasteiger partial charge < -0.3 is 20.9 Å². The van der Waals surface area contributed by atoms with Crippen molar-refractivity contribution in [2.45, 2.75) is 12.2 Å². The molecule has 1 unspecified atom stereocenters. The monoisotopic (exact) mass is 492 g/mol. The Bertz CT molecular complexity index is 1020. The lowest BCUT2D eigenvalue weighted by atomic mass is 10.0. The second-order valence-corrected chi connectivity index (χ2v) is 8.82. The smallest absolute Gasteiger partial charge is 0.385 e. The fraction of sp³-hybridized carbons (Fsp3) is 0.400. The van der Waals surface area contributed by atoms with Crippen molar-refractivity contribution < 1.29 is 17.6 Å². The number of nitrogens with two attached hydrogens (primary N) is 1. The number of hydrogen-bond acceptors (Lipinski definition) is 5. The van der Waals surface area contributed by atoms with Crippen LogP contribution in [0.25, 0.3) is 5.57 Å². The Labute approximate surface area is 203 Å². The third-order valence-electron chi connectivity index (χ3n) is 6.14. The Morgan fingerprint density at radius 2 is 1.60 bits per heavy atom. The molecule has 1 atom stereocenters. The topological polar surface area (TPSA) is 71.6 Å². The summed E-state index contributed by atoms with van der Waals surface area (Å²) in [6.45, 7) is 2.99. The second kappa shape index (κ2) is 11.1. The molecule has 2 aromatic carbocycles. The zero-order valence-corrected chi connectivity index (χ0v) is 20.2. The molecule has 1 aliphatic heterocycles. The minimum absolute atomic E-state index is 0.0851. The first-order chi connectivity index (χ1) is 16.5. The molecule has 35 heavy (non-hydrogen) atoms. The molecule has 1 fully saturated rings. The fourth-order valence-corrected chi connectivity index (χ4v) is 4.25. The van der Waals surface area contributed by atoms with Gasteiger partial charge in [-0.15, -0.1) is 0 Å². The average Bonchev–Trinajstić information content (AvgIpc) is 2.83. The average molecular weight is 493 g/mol. The summed E-state index contributed by atoms with van der Waals surface area (Å²) in [5.74, 6) is 0.188. The number of hydrogen-bond donors (Lipinski definition) is 3. The van der Waals surface area contributed by atoms with Gasteiger partial charge in [0.2, 0.25) is 0 Å². The van der Waals surface area contributed by atoms with Crippen LogP contribution in [0.1, 0.15) is 22.7 Å². The van der Waals surface area contributed by atoms with Crippen molar-refractivity contribution in [2.24, 2.45) is 5.73 Å². The molecule has 2 aromatic rings. The molecule has 1 heterocycles. The number of likely N-dealkylation sites (N-methyl/N-ethyl adjacent to an activating group) is 1. The summed E-state index contributed by atoms with van der Waals surface area (Å²) in [4.78, 5) is 6.16. The van der Waals surface area contributed by atoms with Crippen molar-refractivity contribution in [3.8, 4) is 0 Å². The number of nitrogens with zero attached hydrogens (tertiary/aromatic N) is 3. The van der Waals surface area contributed by atoms with E-state index < -0.39 is 11.7 Å². The molecule has 0 aromatic heterocycles. The molecule has 190 valence electrons. The highest BCUT2D eigenvalue weighted by atomic mass is 19.4. The van der Waals surface area contributed by atoms with Gasteiger partial charge in [-0.25, -0.2) is 4.39 Å². The molecule has 0 bridgehead atoms. The summed E-state index contributed by atoms with van der Waals surface area (Å²) in [7, 11) is 5.53. The molecule has 0 spiro atoms. The molecule has 3 rings (SSSR count). The van der Waals surface area contributed by atoms with E-state index in [4.69, 9.17) is 11.1 Å². The first-order valence-corrected chi connectivity index (χ1v) is 11.3. The van der Waals surface area contributed by atoms with E-state index in [1.54, 1.807) is 31.3 Å². The second-order valence-electron chi connectivity index (χ2n) is 8.82. The highest BCUT2D eigenvalue weighted by Crippen LogP contribution is 2.31. The van der Waals surface area contributed by atoms with Crippen LogP contribution in [0.4, 0.5) is 17.6 Å². The van der Waals surface area contributed by atoms with Crippen LogP contribution in [0.3, 0.4) is 0 Å². The van der Waals surface area contributed by atoms with E-state index in [1.165, 1.54) is 12.1 Å². The predicted octanol–water partition coefficient (Wildman–Crippen LogP) is 3.59. The maximum Gasteiger partial charge on any atom is 0.416 e.